The molecule has 166 valence electrons. The molecule has 0 aromatic heterocycles. The van der Waals surface area contributed by atoms with Crippen molar-refractivity contribution < 1.29 is 4.79 Å². The maximum Gasteiger partial charge on any atom is 0.258 e. The van der Waals surface area contributed by atoms with Crippen molar-refractivity contribution in [3.63, 3.8) is 0 Å². The van der Waals surface area contributed by atoms with Gasteiger partial charge in [0, 0.05) is 12.5 Å². The fourth-order valence-electron chi connectivity index (χ4n) is 6.86. The summed E-state index contributed by atoms with van der Waals surface area (Å²) in [7, 11) is 1.88. The molecule has 1 aliphatic heterocycles. The first kappa shape index (κ1) is 20.1. The first-order chi connectivity index (χ1) is 15.4. The molecule has 3 nitrogen and oxygen atoms in total. The molecule has 1 unspecified atom stereocenters. The summed E-state index contributed by atoms with van der Waals surface area (Å²) in [5.41, 5.74) is 6.12. The topological polar surface area (TPSA) is 32.3 Å². The molecule has 2 aromatic carbocycles. The summed E-state index contributed by atoms with van der Waals surface area (Å²) in [6.45, 7) is 6.35. The van der Waals surface area contributed by atoms with Crippen LogP contribution >= 0.6 is 0 Å². The second kappa shape index (κ2) is 6.97. The molecular formula is C29H34N2O. The Hall–Kier alpha value is -2.55. The van der Waals surface area contributed by atoms with Gasteiger partial charge in [0.15, 0.2) is 5.54 Å². The second-order valence-corrected chi connectivity index (χ2v) is 11.0. The van der Waals surface area contributed by atoms with Crippen molar-refractivity contribution in [2.45, 2.75) is 69.7 Å². The molecule has 2 spiro atoms. The Kier molecular flexibility index (Phi) is 4.38. The van der Waals surface area contributed by atoms with E-state index in [1.54, 1.807) is 4.90 Å². The molecule has 1 amide bonds. The van der Waals surface area contributed by atoms with E-state index in [2.05, 4.69) is 61.3 Å². The summed E-state index contributed by atoms with van der Waals surface area (Å²) in [4.78, 5) is 15.6. The number of rotatable bonds is 3. The van der Waals surface area contributed by atoms with Crippen LogP contribution in [0.1, 0.15) is 72.3 Å². The third-order valence-corrected chi connectivity index (χ3v) is 8.98. The summed E-state index contributed by atoms with van der Waals surface area (Å²) in [5.74, 6) is 2.34. The molecule has 0 radical (unpaired) electrons. The number of likely N-dealkylation sites (N-methyl/N-ethyl adjacent to an activating group) is 1. The molecule has 6 rings (SSSR count). The van der Waals surface area contributed by atoms with Gasteiger partial charge >= 0.3 is 0 Å². The molecule has 1 heterocycles. The molecule has 3 fully saturated rings. The predicted molar refractivity (Wildman–Crippen MR) is 128 cm³/mol. The number of hydrogen-bond acceptors (Lipinski definition) is 2. The van der Waals surface area contributed by atoms with E-state index < -0.39 is 5.54 Å². The highest BCUT2D eigenvalue weighted by molar-refractivity contribution is 5.94. The van der Waals surface area contributed by atoms with Crippen molar-refractivity contribution in [3.8, 4) is 0 Å². The van der Waals surface area contributed by atoms with Gasteiger partial charge in [0.05, 0.1) is 0 Å². The van der Waals surface area contributed by atoms with Crippen LogP contribution in [0.25, 0.3) is 0 Å². The molecule has 0 bridgehead atoms. The highest BCUT2D eigenvalue weighted by atomic mass is 16.2. The van der Waals surface area contributed by atoms with Crippen LogP contribution in [0.2, 0.25) is 0 Å². The quantitative estimate of drug-likeness (QED) is 0.695. The minimum Gasteiger partial charge on any atom is -0.354 e. The second-order valence-electron chi connectivity index (χ2n) is 11.0. The van der Waals surface area contributed by atoms with Crippen molar-refractivity contribution >= 4 is 5.91 Å². The van der Waals surface area contributed by atoms with Gasteiger partial charge in [-0.05, 0) is 92.4 Å². The van der Waals surface area contributed by atoms with Crippen molar-refractivity contribution in [1.82, 2.24) is 10.2 Å². The van der Waals surface area contributed by atoms with E-state index in [1.807, 2.05) is 7.05 Å². The Morgan fingerprint density at radius 1 is 1.06 bits per heavy atom. The smallest absolute Gasteiger partial charge is 0.258 e. The predicted octanol–water partition coefficient (Wildman–Crippen LogP) is 5.58. The van der Waals surface area contributed by atoms with Crippen LogP contribution in [0.3, 0.4) is 0 Å². The highest BCUT2D eigenvalue weighted by Crippen LogP contribution is 2.61. The van der Waals surface area contributed by atoms with Crippen molar-refractivity contribution in [1.29, 1.82) is 0 Å². The van der Waals surface area contributed by atoms with E-state index in [1.165, 1.54) is 53.5 Å². The van der Waals surface area contributed by atoms with Crippen LogP contribution in [0.15, 0.2) is 54.9 Å². The average molecular weight is 427 g/mol. The fraction of sp³-hybridized carbons (Fsp3) is 0.483. The maximum absolute atomic E-state index is 13.9. The van der Waals surface area contributed by atoms with E-state index in [4.69, 9.17) is 0 Å². The first-order valence-corrected chi connectivity index (χ1v) is 12.4. The standard InChI is InChI=1S/C29H34N2O/c1-19-4-6-21(7-5-19)16-22-12-14-28(15-13-22)18-25-11-10-24(23-8-9-23)17-26(25)29(28)27(32)31(3)20(2)30-29/h4-7,10-11,17,22-23,30H,2,8-9,12-16,18H2,1,3H3. The van der Waals surface area contributed by atoms with Gasteiger partial charge in [-0.2, -0.15) is 0 Å². The van der Waals surface area contributed by atoms with E-state index in [9.17, 15) is 4.79 Å². The van der Waals surface area contributed by atoms with Crippen LogP contribution in [-0.2, 0) is 23.2 Å². The van der Waals surface area contributed by atoms with Crippen molar-refractivity contribution in [3.05, 3.63) is 82.7 Å². The summed E-state index contributed by atoms with van der Waals surface area (Å²) >= 11 is 0. The zero-order valence-electron chi connectivity index (χ0n) is 19.4. The Morgan fingerprint density at radius 2 is 1.78 bits per heavy atom. The van der Waals surface area contributed by atoms with E-state index in [-0.39, 0.29) is 11.3 Å². The molecule has 1 N–H and O–H groups in total. The van der Waals surface area contributed by atoms with Gasteiger partial charge in [0.25, 0.3) is 5.91 Å². The van der Waals surface area contributed by atoms with E-state index in [0.717, 1.165) is 31.5 Å². The van der Waals surface area contributed by atoms with Gasteiger partial charge in [-0.25, -0.2) is 0 Å². The number of fused-ring (bicyclic) bond motifs is 3. The van der Waals surface area contributed by atoms with Gasteiger partial charge in [-0.3, -0.25) is 9.69 Å². The summed E-state index contributed by atoms with van der Waals surface area (Å²) in [6.07, 6.45) is 9.28. The monoisotopic (exact) mass is 426 g/mol. The Labute approximate surface area is 191 Å². The molecule has 2 aromatic rings. The van der Waals surface area contributed by atoms with Gasteiger partial charge in [-0.15, -0.1) is 0 Å². The Morgan fingerprint density at radius 3 is 2.41 bits per heavy atom. The number of nitrogens with zero attached hydrogens (tertiary/aromatic N) is 1. The fourth-order valence-corrected chi connectivity index (χ4v) is 6.86. The minimum atomic E-state index is -0.631. The molecule has 3 heteroatoms. The minimum absolute atomic E-state index is 0.0495. The number of benzene rings is 2. The zero-order chi connectivity index (χ0) is 22.1. The van der Waals surface area contributed by atoms with Crippen molar-refractivity contribution in [2.75, 3.05) is 7.05 Å². The van der Waals surface area contributed by atoms with Gasteiger partial charge in [0.2, 0.25) is 0 Å². The summed E-state index contributed by atoms with van der Waals surface area (Å²) in [6, 6.07) is 16.0. The number of nitrogens with one attached hydrogen (secondary N) is 1. The van der Waals surface area contributed by atoms with Gasteiger partial charge < -0.3 is 5.32 Å². The zero-order valence-corrected chi connectivity index (χ0v) is 19.4. The lowest BCUT2D eigenvalue weighted by Gasteiger charge is -2.47. The van der Waals surface area contributed by atoms with Crippen LogP contribution < -0.4 is 5.32 Å². The highest BCUT2D eigenvalue weighted by Gasteiger charge is 2.66. The largest absolute Gasteiger partial charge is 0.354 e. The molecule has 2 saturated carbocycles. The SMILES string of the molecule is C=C1NC2(C(=O)N1C)c1cc(C3CC3)ccc1CC21CCC(Cc2ccc(C)cc2)CC1. The summed E-state index contributed by atoms with van der Waals surface area (Å²) in [5, 5.41) is 3.68. The van der Waals surface area contributed by atoms with Gasteiger partial charge in [0.1, 0.15) is 5.82 Å². The molecule has 4 aliphatic rings. The van der Waals surface area contributed by atoms with Crippen LogP contribution in [0.5, 0.6) is 0 Å². The van der Waals surface area contributed by atoms with Gasteiger partial charge in [-0.1, -0.05) is 54.6 Å². The first-order valence-electron chi connectivity index (χ1n) is 12.4. The number of amides is 1. The van der Waals surface area contributed by atoms with Crippen LogP contribution in [0.4, 0.5) is 0 Å². The lowest BCUT2D eigenvalue weighted by atomic mass is 9.59. The van der Waals surface area contributed by atoms with Crippen molar-refractivity contribution in [2.24, 2.45) is 11.3 Å². The molecular weight excluding hydrogens is 392 g/mol. The van der Waals surface area contributed by atoms with Crippen LogP contribution in [0, 0.1) is 18.3 Å². The molecule has 1 saturated heterocycles. The lowest BCUT2D eigenvalue weighted by Crippen LogP contribution is -2.56. The maximum atomic E-state index is 13.9. The summed E-state index contributed by atoms with van der Waals surface area (Å²) < 4.78 is 0. The van der Waals surface area contributed by atoms with Crippen LogP contribution in [-0.4, -0.2) is 17.9 Å². The van der Waals surface area contributed by atoms with E-state index >= 15 is 0 Å². The number of aryl methyl sites for hydroxylation is 1. The molecule has 1 atom stereocenters. The number of carbonyl (C=O) groups is 1. The van der Waals surface area contributed by atoms with E-state index in [0.29, 0.717) is 11.8 Å². The Balaban J connectivity index is 1.33. The number of hydrogen-bond donors (Lipinski definition) is 1. The lowest BCUT2D eigenvalue weighted by molar-refractivity contribution is -0.137. The Bertz CT molecular complexity index is 1090. The third-order valence-electron chi connectivity index (χ3n) is 8.98. The molecule has 3 aliphatic carbocycles. The molecule has 32 heavy (non-hydrogen) atoms. The third kappa shape index (κ3) is 2.82. The average Bonchev–Trinajstić information content (AvgIpc) is 3.58. The number of carbonyl (C=O) groups excluding carboxylic acids is 1. The normalized spacial score (nSPS) is 31.4.